The van der Waals surface area contributed by atoms with Crippen LogP contribution in [0.4, 0.5) is 0 Å². The summed E-state index contributed by atoms with van der Waals surface area (Å²) in [6.07, 6.45) is -0.563. The predicted molar refractivity (Wildman–Crippen MR) is 85.6 cm³/mol. The maximum absolute atomic E-state index is 12.0. The van der Waals surface area contributed by atoms with Crippen LogP contribution in [-0.2, 0) is 15.8 Å². The highest BCUT2D eigenvalue weighted by molar-refractivity contribution is 7.51. The number of hydrogen-bond donors (Lipinski definition) is 4. The molecule has 0 amide bonds. The van der Waals surface area contributed by atoms with Gasteiger partial charge in [0.25, 0.3) is 5.56 Å². The number of aromatic amines is 1. The normalized spacial score (nSPS) is 13.0. The van der Waals surface area contributed by atoms with Crippen LogP contribution in [0.25, 0.3) is 11.1 Å². The number of nitrogens with one attached hydrogen (secondary N) is 1. The van der Waals surface area contributed by atoms with Gasteiger partial charge in [-0.05, 0) is 5.56 Å². The van der Waals surface area contributed by atoms with Crippen molar-refractivity contribution in [2.24, 2.45) is 0 Å². The fourth-order valence-corrected chi connectivity index (χ4v) is 2.46. The quantitative estimate of drug-likeness (QED) is 0.500. The fraction of sp³-hybridized carbons (Fsp3) is 0.286. The van der Waals surface area contributed by atoms with E-state index < -0.39 is 37.9 Å². The average molecular weight is 356 g/mol. The van der Waals surface area contributed by atoms with Gasteiger partial charge in [0, 0.05) is 6.20 Å². The van der Waals surface area contributed by atoms with Crippen molar-refractivity contribution < 1.29 is 24.2 Å². The van der Waals surface area contributed by atoms with Gasteiger partial charge in [-0.3, -0.25) is 18.9 Å². The maximum atomic E-state index is 12.0. The van der Waals surface area contributed by atoms with Crippen LogP contribution >= 0.6 is 7.60 Å². The van der Waals surface area contributed by atoms with Gasteiger partial charge >= 0.3 is 13.3 Å². The van der Waals surface area contributed by atoms with E-state index in [0.29, 0.717) is 5.56 Å². The van der Waals surface area contributed by atoms with Gasteiger partial charge in [0.15, 0.2) is 0 Å². The second-order valence-corrected chi connectivity index (χ2v) is 6.67. The molecule has 0 spiro atoms. The van der Waals surface area contributed by atoms with Crippen molar-refractivity contribution in [3.8, 4) is 11.1 Å². The molecular formula is C14H17N2O7P. The second-order valence-electron chi connectivity index (χ2n) is 5.09. The molecule has 0 saturated carbocycles. The minimum atomic E-state index is -4.39. The molecule has 0 radical (unpaired) electrons. The first-order valence-corrected chi connectivity index (χ1v) is 8.76. The summed E-state index contributed by atoms with van der Waals surface area (Å²) in [7, 11) is -4.39. The predicted octanol–water partition coefficient (Wildman–Crippen LogP) is -0.284. The number of ether oxygens (including phenoxy) is 1. The molecule has 9 nitrogen and oxygen atoms in total. The Labute approximate surface area is 136 Å². The van der Waals surface area contributed by atoms with Crippen LogP contribution in [0.2, 0.25) is 0 Å². The van der Waals surface area contributed by atoms with Crippen molar-refractivity contribution in [2.45, 2.75) is 12.6 Å². The third kappa shape index (κ3) is 4.98. The lowest BCUT2D eigenvalue weighted by molar-refractivity contribution is 0.0188. The summed E-state index contributed by atoms with van der Waals surface area (Å²) in [5.41, 5.74) is -0.414. The van der Waals surface area contributed by atoms with E-state index >= 15 is 0 Å². The molecule has 24 heavy (non-hydrogen) atoms. The van der Waals surface area contributed by atoms with Crippen molar-refractivity contribution in [1.82, 2.24) is 9.55 Å². The van der Waals surface area contributed by atoms with Gasteiger partial charge < -0.3 is 19.6 Å². The third-order valence-electron chi connectivity index (χ3n) is 3.18. The molecule has 0 fully saturated rings. The molecule has 0 bridgehead atoms. The molecule has 2 aromatic rings. The molecule has 0 aliphatic carbocycles. The molecule has 10 heteroatoms. The van der Waals surface area contributed by atoms with Crippen LogP contribution in [0.3, 0.4) is 0 Å². The summed E-state index contributed by atoms with van der Waals surface area (Å²) in [5.74, 6) is 0. The van der Waals surface area contributed by atoms with E-state index in [2.05, 4.69) is 4.98 Å². The molecule has 2 rings (SSSR count). The van der Waals surface area contributed by atoms with Gasteiger partial charge in [-0.15, -0.1) is 0 Å². The molecule has 130 valence electrons. The number of aliphatic hydroxyl groups excluding tert-OH is 1. The topological polar surface area (TPSA) is 142 Å². The third-order valence-corrected chi connectivity index (χ3v) is 3.66. The fourth-order valence-electron chi connectivity index (χ4n) is 2.05. The largest absolute Gasteiger partial charge is 0.394 e. The Bertz CT molecular complexity index is 840. The lowest BCUT2D eigenvalue weighted by Gasteiger charge is -2.17. The van der Waals surface area contributed by atoms with Crippen LogP contribution in [0, 0.1) is 0 Å². The summed E-state index contributed by atoms with van der Waals surface area (Å²) in [4.78, 5) is 43.6. The van der Waals surface area contributed by atoms with Crippen LogP contribution in [0.5, 0.6) is 0 Å². The molecule has 0 aliphatic rings. The van der Waals surface area contributed by atoms with Crippen molar-refractivity contribution in [1.29, 1.82) is 0 Å². The van der Waals surface area contributed by atoms with Crippen LogP contribution < -0.4 is 11.2 Å². The van der Waals surface area contributed by atoms with Gasteiger partial charge in [0.1, 0.15) is 6.35 Å². The first kappa shape index (κ1) is 18.3. The second kappa shape index (κ2) is 7.69. The standard InChI is InChI=1S/C14H17N2O7P/c17-8-11(23-9-24(20,21)22)6-16-7-12(13(18)15-14(16)19)10-4-2-1-3-5-10/h1-5,7,11,17H,6,8-9H2,(H,15,18,19)(H2,20,21,22)/t11-/m0/s1. The molecule has 0 unspecified atom stereocenters. The monoisotopic (exact) mass is 356 g/mol. The minimum absolute atomic E-state index is 0.175. The molecule has 0 aliphatic heterocycles. The highest BCUT2D eigenvalue weighted by atomic mass is 31.2. The number of aromatic nitrogens is 2. The van der Waals surface area contributed by atoms with E-state index in [-0.39, 0.29) is 12.1 Å². The summed E-state index contributed by atoms with van der Waals surface area (Å²) >= 11 is 0. The van der Waals surface area contributed by atoms with Gasteiger partial charge in [-0.25, -0.2) is 4.79 Å². The van der Waals surface area contributed by atoms with E-state index in [0.717, 1.165) is 4.57 Å². The number of H-pyrrole nitrogens is 1. The Morgan fingerprint density at radius 2 is 1.88 bits per heavy atom. The zero-order valence-corrected chi connectivity index (χ0v) is 13.4. The summed E-state index contributed by atoms with van der Waals surface area (Å²) in [6, 6.07) is 8.67. The SMILES string of the molecule is O=c1[nH]c(=O)n(C[C@@H](CO)OCP(=O)(O)O)cc1-c1ccccc1. The molecule has 1 aromatic carbocycles. The van der Waals surface area contributed by atoms with Crippen molar-refractivity contribution in [3.05, 3.63) is 57.4 Å². The van der Waals surface area contributed by atoms with E-state index in [1.54, 1.807) is 30.3 Å². The smallest absolute Gasteiger partial charge is 0.350 e. The molecule has 1 heterocycles. The lowest BCUT2D eigenvalue weighted by Crippen LogP contribution is -2.35. The zero-order chi connectivity index (χ0) is 17.7. The van der Waals surface area contributed by atoms with Crippen molar-refractivity contribution in [3.63, 3.8) is 0 Å². The molecule has 1 atom stereocenters. The molecule has 4 N–H and O–H groups in total. The Kier molecular flexibility index (Phi) is 5.87. The Hall–Kier alpha value is -2.03. The minimum Gasteiger partial charge on any atom is -0.394 e. The van der Waals surface area contributed by atoms with Crippen LogP contribution in [0.1, 0.15) is 0 Å². The van der Waals surface area contributed by atoms with E-state index in [9.17, 15) is 19.3 Å². The summed E-state index contributed by atoms with van der Waals surface area (Å²) in [6.45, 7) is -0.724. The first-order valence-electron chi connectivity index (χ1n) is 6.96. The Morgan fingerprint density at radius 3 is 2.46 bits per heavy atom. The first-order chi connectivity index (χ1) is 11.3. The number of hydrogen-bond acceptors (Lipinski definition) is 5. The van der Waals surface area contributed by atoms with Crippen molar-refractivity contribution >= 4 is 7.60 Å². The zero-order valence-electron chi connectivity index (χ0n) is 12.5. The van der Waals surface area contributed by atoms with Gasteiger partial charge in [0.2, 0.25) is 0 Å². The maximum Gasteiger partial charge on any atom is 0.350 e. The lowest BCUT2D eigenvalue weighted by atomic mass is 10.1. The van der Waals surface area contributed by atoms with Crippen molar-refractivity contribution in [2.75, 3.05) is 13.0 Å². The molecular weight excluding hydrogens is 339 g/mol. The van der Waals surface area contributed by atoms with E-state index in [1.165, 1.54) is 6.20 Å². The van der Waals surface area contributed by atoms with Gasteiger partial charge in [-0.1, -0.05) is 30.3 Å². The summed E-state index contributed by atoms with van der Waals surface area (Å²) in [5, 5.41) is 9.25. The van der Waals surface area contributed by atoms with E-state index in [4.69, 9.17) is 14.5 Å². The Balaban J connectivity index is 2.28. The van der Waals surface area contributed by atoms with Gasteiger partial charge in [-0.2, -0.15) is 0 Å². The number of aliphatic hydroxyl groups is 1. The highest BCUT2D eigenvalue weighted by Crippen LogP contribution is 2.34. The molecule has 1 aromatic heterocycles. The average Bonchev–Trinajstić information content (AvgIpc) is 2.53. The van der Waals surface area contributed by atoms with Crippen LogP contribution in [0.15, 0.2) is 46.1 Å². The van der Waals surface area contributed by atoms with Crippen LogP contribution in [-0.4, -0.2) is 43.5 Å². The number of benzene rings is 1. The highest BCUT2D eigenvalue weighted by Gasteiger charge is 2.19. The van der Waals surface area contributed by atoms with Gasteiger partial charge in [0.05, 0.1) is 24.8 Å². The summed E-state index contributed by atoms with van der Waals surface area (Å²) < 4.78 is 16.9. The molecule has 0 saturated heterocycles. The van der Waals surface area contributed by atoms with E-state index in [1.807, 2.05) is 0 Å². The number of nitrogens with zero attached hydrogens (tertiary/aromatic N) is 1. The number of rotatable bonds is 7. The Morgan fingerprint density at radius 1 is 1.21 bits per heavy atom.